The summed E-state index contributed by atoms with van der Waals surface area (Å²) in [6.45, 7) is 3.49. The summed E-state index contributed by atoms with van der Waals surface area (Å²) < 4.78 is 6.36. The predicted molar refractivity (Wildman–Crippen MR) is 84.2 cm³/mol. The summed E-state index contributed by atoms with van der Waals surface area (Å²) in [5.74, 6) is 2.44. The van der Waals surface area contributed by atoms with Crippen LogP contribution < -0.4 is 15.4 Å². The van der Waals surface area contributed by atoms with Crippen molar-refractivity contribution in [3.05, 3.63) is 40.6 Å². The molecule has 0 fully saturated rings. The summed E-state index contributed by atoms with van der Waals surface area (Å²) in [5.41, 5.74) is 1.06. The number of benzene rings is 1. The van der Waals surface area contributed by atoms with E-state index in [1.807, 2.05) is 31.2 Å². The van der Waals surface area contributed by atoms with Crippen LogP contribution in [0.5, 0.6) is 5.75 Å². The van der Waals surface area contributed by atoms with Gasteiger partial charge in [-0.05, 0) is 25.1 Å². The van der Waals surface area contributed by atoms with Gasteiger partial charge in [-0.15, -0.1) is 0 Å². The summed E-state index contributed by atoms with van der Waals surface area (Å²) in [7, 11) is 1.67. The van der Waals surface area contributed by atoms with Crippen LogP contribution >= 0.6 is 15.9 Å². The fourth-order valence-corrected chi connectivity index (χ4v) is 2.21. The molecule has 0 bridgehead atoms. The van der Waals surface area contributed by atoms with Gasteiger partial charge in [-0.3, -0.25) is 0 Å². The van der Waals surface area contributed by atoms with Crippen LogP contribution in [-0.2, 0) is 6.54 Å². The molecule has 6 heteroatoms. The number of hydrogen-bond donors (Lipinski definition) is 2. The highest BCUT2D eigenvalue weighted by Gasteiger charge is 2.04. The van der Waals surface area contributed by atoms with Crippen LogP contribution in [0.25, 0.3) is 0 Å². The quantitative estimate of drug-likeness (QED) is 0.847. The van der Waals surface area contributed by atoms with Crippen molar-refractivity contribution in [3.63, 3.8) is 0 Å². The lowest BCUT2D eigenvalue weighted by atomic mass is 10.2. The Morgan fingerprint density at radius 1 is 1.15 bits per heavy atom. The second-order valence-electron chi connectivity index (χ2n) is 4.13. The molecule has 0 aliphatic heterocycles. The molecular weight excluding hydrogens is 320 g/mol. The fraction of sp³-hybridized carbons (Fsp3) is 0.286. The highest BCUT2D eigenvalue weighted by molar-refractivity contribution is 9.10. The number of anilines is 2. The average molecular weight is 337 g/mol. The second-order valence-corrected chi connectivity index (χ2v) is 5.04. The monoisotopic (exact) mass is 336 g/mol. The smallest absolute Gasteiger partial charge is 0.131 e. The Hall–Kier alpha value is -1.82. The summed E-state index contributed by atoms with van der Waals surface area (Å²) in [6, 6.07) is 7.80. The highest BCUT2D eigenvalue weighted by atomic mass is 79.9. The molecule has 5 nitrogen and oxygen atoms in total. The number of methoxy groups -OCH3 is 1. The summed E-state index contributed by atoms with van der Waals surface area (Å²) >= 11 is 3.46. The normalized spacial score (nSPS) is 10.2. The Kier molecular flexibility index (Phi) is 5.17. The maximum Gasteiger partial charge on any atom is 0.131 e. The third kappa shape index (κ3) is 3.84. The van der Waals surface area contributed by atoms with Crippen molar-refractivity contribution in [1.82, 2.24) is 9.97 Å². The molecule has 0 aliphatic carbocycles. The lowest BCUT2D eigenvalue weighted by molar-refractivity contribution is 0.410. The SMILES string of the molecule is CCNc1cc(NCc2cc(Br)ccc2OC)ncn1. The number of nitrogens with one attached hydrogen (secondary N) is 2. The minimum absolute atomic E-state index is 0.630. The molecule has 0 aliphatic rings. The van der Waals surface area contributed by atoms with E-state index in [1.165, 1.54) is 0 Å². The van der Waals surface area contributed by atoms with E-state index in [-0.39, 0.29) is 0 Å². The molecule has 0 amide bonds. The van der Waals surface area contributed by atoms with Gasteiger partial charge in [-0.25, -0.2) is 9.97 Å². The van der Waals surface area contributed by atoms with E-state index in [4.69, 9.17) is 4.74 Å². The lowest BCUT2D eigenvalue weighted by Gasteiger charge is -2.11. The molecule has 1 aromatic heterocycles. The van der Waals surface area contributed by atoms with Crippen LogP contribution in [0.4, 0.5) is 11.6 Å². The van der Waals surface area contributed by atoms with Gasteiger partial charge in [0.25, 0.3) is 0 Å². The minimum atomic E-state index is 0.630. The van der Waals surface area contributed by atoms with E-state index in [2.05, 4.69) is 36.5 Å². The van der Waals surface area contributed by atoms with Gasteiger partial charge in [0.1, 0.15) is 23.7 Å². The van der Waals surface area contributed by atoms with Crippen LogP contribution in [-0.4, -0.2) is 23.6 Å². The van der Waals surface area contributed by atoms with E-state index in [0.29, 0.717) is 6.54 Å². The van der Waals surface area contributed by atoms with Gasteiger partial charge in [0.2, 0.25) is 0 Å². The van der Waals surface area contributed by atoms with E-state index in [1.54, 1.807) is 13.4 Å². The average Bonchev–Trinajstić information content (AvgIpc) is 2.46. The van der Waals surface area contributed by atoms with E-state index >= 15 is 0 Å². The van der Waals surface area contributed by atoms with Crippen LogP contribution in [0.3, 0.4) is 0 Å². The van der Waals surface area contributed by atoms with Crippen LogP contribution in [0, 0.1) is 0 Å². The first-order chi connectivity index (χ1) is 9.72. The van der Waals surface area contributed by atoms with Crippen molar-refractivity contribution in [3.8, 4) is 5.75 Å². The Morgan fingerprint density at radius 2 is 1.90 bits per heavy atom. The molecule has 0 spiro atoms. The Morgan fingerprint density at radius 3 is 2.60 bits per heavy atom. The zero-order valence-corrected chi connectivity index (χ0v) is 13.1. The molecule has 0 saturated carbocycles. The summed E-state index contributed by atoms with van der Waals surface area (Å²) in [6.07, 6.45) is 1.54. The van der Waals surface area contributed by atoms with Crippen molar-refractivity contribution < 1.29 is 4.74 Å². The number of nitrogens with zero attached hydrogens (tertiary/aromatic N) is 2. The molecule has 0 radical (unpaired) electrons. The lowest BCUT2D eigenvalue weighted by Crippen LogP contribution is -2.05. The van der Waals surface area contributed by atoms with Gasteiger partial charge >= 0.3 is 0 Å². The number of halogens is 1. The van der Waals surface area contributed by atoms with Crippen LogP contribution in [0.15, 0.2) is 35.1 Å². The maximum atomic E-state index is 5.35. The zero-order valence-electron chi connectivity index (χ0n) is 11.5. The second kappa shape index (κ2) is 7.09. The van der Waals surface area contributed by atoms with Gasteiger partial charge in [0, 0.05) is 29.2 Å². The largest absolute Gasteiger partial charge is 0.496 e. The minimum Gasteiger partial charge on any atom is -0.496 e. The van der Waals surface area contributed by atoms with Crippen molar-refractivity contribution in [2.75, 3.05) is 24.3 Å². The number of rotatable bonds is 6. The molecule has 0 atom stereocenters. The zero-order chi connectivity index (χ0) is 14.4. The van der Waals surface area contributed by atoms with Crippen LogP contribution in [0.1, 0.15) is 12.5 Å². The van der Waals surface area contributed by atoms with Gasteiger partial charge in [-0.1, -0.05) is 15.9 Å². The van der Waals surface area contributed by atoms with Gasteiger partial charge in [0.15, 0.2) is 0 Å². The Balaban J connectivity index is 2.08. The summed E-state index contributed by atoms with van der Waals surface area (Å²) in [5, 5.41) is 6.42. The maximum absolute atomic E-state index is 5.35. The molecule has 106 valence electrons. The Labute approximate surface area is 126 Å². The predicted octanol–water partition coefficient (Wildman–Crippen LogP) is 3.29. The van der Waals surface area contributed by atoms with E-state index < -0.39 is 0 Å². The van der Waals surface area contributed by atoms with E-state index in [9.17, 15) is 0 Å². The molecule has 2 N–H and O–H groups in total. The Bertz CT molecular complexity index is 577. The van der Waals surface area contributed by atoms with Gasteiger partial charge < -0.3 is 15.4 Å². The topological polar surface area (TPSA) is 59.1 Å². The molecule has 2 aromatic rings. The third-order valence-electron chi connectivity index (χ3n) is 2.73. The molecule has 0 unspecified atom stereocenters. The van der Waals surface area contributed by atoms with Crippen LogP contribution in [0.2, 0.25) is 0 Å². The van der Waals surface area contributed by atoms with Crippen molar-refractivity contribution in [2.24, 2.45) is 0 Å². The standard InChI is InChI=1S/C14H17BrN4O/c1-3-16-13-7-14(19-9-18-13)17-8-10-6-11(15)4-5-12(10)20-2/h4-7,9H,3,8H2,1-2H3,(H2,16,17,18,19). The first-order valence-corrected chi connectivity index (χ1v) is 7.14. The third-order valence-corrected chi connectivity index (χ3v) is 3.22. The molecule has 1 aromatic carbocycles. The molecule has 2 rings (SSSR count). The number of hydrogen-bond acceptors (Lipinski definition) is 5. The van der Waals surface area contributed by atoms with Crippen molar-refractivity contribution in [1.29, 1.82) is 0 Å². The molecule has 20 heavy (non-hydrogen) atoms. The molecule has 1 heterocycles. The number of aromatic nitrogens is 2. The molecule has 0 saturated heterocycles. The highest BCUT2D eigenvalue weighted by Crippen LogP contribution is 2.23. The van der Waals surface area contributed by atoms with Crippen molar-refractivity contribution in [2.45, 2.75) is 13.5 Å². The number of ether oxygens (including phenoxy) is 1. The fourth-order valence-electron chi connectivity index (χ4n) is 1.80. The van der Waals surface area contributed by atoms with Crippen molar-refractivity contribution >= 4 is 27.6 Å². The first kappa shape index (κ1) is 14.6. The molecular formula is C14H17BrN4O. The van der Waals surface area contributed by atoms with Gasteiger partial charge in [0.05, 0.1) is 7.11 Å². The first-order valence-electron chi connectivity index (χ1n) is 6.35. The summed E-state index contributed by atoms with van der Waals surface area (Å²) in [4.78, 5) is 8.34. The van der Waals surface area contributed by atoms with E-state index in [0.717, 1.165) is 34.0 Å². The van der Waals surface area contributed by atoms with Gasteiger partial charge in [-0.2, -0.15) is 0 Å².